The Morgan fingerprint density at radius 1 is 1.50 bits per heavy atom. The summed E-state index contributed by atoms with van der Waals surface area (Å²) in [6.07, 6.45) is -3.18. The van der Waals surface area contributed by atoms with E-state index in [4.69, 9.17) is 5.73 Å². The molecule has 8 heteroatoms. The van der Waals surface area contributed by atoms with Gasteiger partial charge in [0.25, 0.3) is 5.91 Å². The SMILES string of the molecule is Cc1c(C(=O)N(C)CCC(F)(F)F)cnn1CCCN. The van der Waals surface area contributed by atoms with Crippen LogP contribution in [0.5, 0.6) is 0 Å². The highest BCUT2D eigenvalue weighted by Crippen LogP contribution is 2.20. The van der Waals surface area contributed by atoms with Gasteiger partial charge in [-0.2, -0.15) is 18.3 Å². The van der Waals surface area contributed by atoms with E-state index in [9.17, 15) is 18.0 Å². The van der Waals surface area contributed by atoms with Gasteiger partial charge in [0.05, 0.1) is 18.2 Å². The molecule has 1 heterocycles. The van der Waals surface area contributed by atoms with Crippen molar-refractivity contribution < 1.29 is 18.0 Å². The molecule has 0 aliphatic heterocycles. The number of nitrogens with zero attached hydrogens (tertiary/aromatic N) is 3. The van der Waals surface area contributed by atoms with Gasteiger partial charge in [0.2, 0.25) is 0 Å². The number of aryl methyl sites for hydroxylation is 1. The largest absolute Gasteiger partial charge is 0.390 e. The van der Waals surface area contributed by atoms with Gasteiger partial charge in [-0.05, 0) is 19.9 Å². The van der Waals surface area contributed by atoms with Crippen LogP contribution in [0, 0.1) is 6.92 Å². The van der Waals surface area contributed by atoms with Crippen LogP contribution in [0.2, 0.25) is 0 Å². The predicted molar refractivity (Wildman–Crippen MR) is 68.3 cm³/mol. The number of hydrogen-bond acceptors (Lipinski definition) is 3. The minimum Gasteiger partial charge on any atom is -0.341 e. The molecule has 1 aromatic rings. The molecule has 0 spiro atoms. The molecule has 0 unspecified atom stereocenters. The number of carbonyl (C=O) groups excluding carboxylic acids is 1. The van der Waals surface area contributed by atoms with Crippen molar-refractivity contribution in [3.63, 3.8) is 0 Å². The Labute approximate surface area is 115 Å². The molecule has 0 aliphatic rings. The molecule has 0 radical (unpaired) electrons. The van der Waals surface area contributed by atoms with E-state index in [0.717, 1.165) is 11.3 Å². The van der Waals surface area contributed by atoms with Crippen LogP contribution >= 0.6 is 0 Å². The first-order chi connectivity index (χ1) is 9.26. The lowest BCUT2D eigenvalue weighted by atomic mass is 10.2. The smallest absolute Gasteiger partial charge is 0.341 e. The molecule has 0 saturated carbocycles. The van der Waals surface area contributed by atoms with Crippen molar-refractivity contribution in [2.45, 2.75) is 32.5 Å². The van der Waals surface area contributed by atoms with Gasteiger partial charge in [0.1, 0.15) is 0 Å². The first-order valence-electron chi connectivity index (χ1n) is 6.31. The minimum atomic E-state index is -4.27. The number of carbonyl (C=O) groups is 1. The van der Waals surface area contributed by atoms with Gasteiger partial charge in [-0.15, -0.1) is 0 Å². The highest BCUT2D eigenvalue weighted by Gasteiger charge is 2.28. The Morgan fingerprint density at radius 3 is 2.70 bits per heavy atom. The van der Waals surface area contributed by atoms with Crippen molar-refractivity contribution in [2.75, 3.05) is 20.1 Å². The molecule has 0 saturated heterocycles. The van der Waals surface area contributed by atoms with Gasteiger partial charge < -0.3 is 10.6 Å². The van der Waals surface area contributed by atoms with Crippen LogP contribution in [-0.2, 0) is 6.54 Å². The Bertz CT molecular complexity index is 456. The fourth-order valence-corrected chi connectivity index (χ4v) is 1.72. The zero-order chi connectivity index (χ0) is 15.3. The standard InChI is InChI=1S/C12H19F3N4O/c1-9-10(8-17-19(9)6-3-5-16)11(20)18(2)7-4-12(13,14)15/h8H,3-7,16H2,1-2H3. The quantitative estimate of drug-likeness (QED) is 0.865. The molecular weight excluding hydrogens is 273 g/mol. The summed E-state index contributed by atoms with van der Waals surface area (Å²) in [6.45, 7) is 2.44. The van der Waals surface area contributed by atoms with Crippen LogP contribution in [-0.4, -0.2) is 46.9 Å². The van der Waals surface area contributed by atoms with E-state index in [1.165, 1.54) is 13.2 Å². The molecule has 1 aromatic heterocycles. The average Bonchev–Trinajstić information content (AvgIpc) is 2.73. The highest BCUT2D eigenvalue weighted by molar-refractivity contribution is 5.94. The van der Waals surface area contributed by atoms with Gasteiger partial charge in [-0.25, -0.2) is 0 Å². The maximum absolute atomic E-state index is 12.1. The summed E-state index contributed by atoms with van der Waals surface area (Å²) in [6, 6.07) is 0. The molecule has 1 amide bonds. The molecule has 0 atom stereocenters. The van der Waals surface area contributed by atoms with Gasteiger partial charge >= 0.3 is 6.18 Å². The van der Waals surface area contributed by atoms with E-state index < -0.39 is 18.5 Å². The molecule has 1 rings (SSSR count). The molecule has 0 bridgehead atoms. The summed E-state index contributed by atoms with van der Waals surface area (Å²) >= 11 is 0. The van der Waals surface area contributed by atoms with Crippen LogP contribution in [0.1, 0.15) is 28.9 Å². The van der Waals surface area contributed by atoms with Crippen molar-refractivity contribution in [1.29, 1.82) is 0 Å². The molecule has 0 aliphatic carbocycles. The zero-order valence-electron chi connectivity index (χ0n) is 11.6. The Kier molecular flexibility index (Phi) is 5.55. The van der Waals surface area contributed by atoms with E-state index in [0.29, 0.717) is 24.3 Å². The van der Waals surface area contributed by atoms with Gasteiger partial charge in [-0.3, -0.25) is 9.48 Å². The summed E-state index contributed by atoms with van der Waals surface area (Å²) in [5, 5.41) is 4.06. The fourth-order valence-electron chi connectivity index (χ4n) is 1.72. The van der Waals surface area contributed by atoms with Crippen LogP contribution in [0.25, 0.3) is 0 Å². The topological polar surface area (TPSA) is 64.2 Å². The molecule has 20 heavy (non-hydrogen) atoms. The number of alkyl halides is 3. The Hall–Kier alpha value is -1.57. The second-order valence-electron chi connectivity index (χ2n) is 4.60. The van der Waals surface area contributed by atoms with E-state index in [1.54, 1.807) is 11.6 Å². The Balaban J connectivity index is 2.69. The van der Waals surface area contributed by atoms with Gasteiger partial charge in [0.15, 0.2) is 0 Å². The fraction of sp³-hybridized carbons (Fsp3) is 0.667. The lowest BCUT2D eigenvalue weighted by Crippen LogP contribution is -2.30. The second kappa shape index (κ2) is 6.74. The van der Waals surface area contributed by atoms with Crippen molar-refractivity contribution in [1.82, 2.24) is 14.7 Å². The monoisotopic (exact) mass is 292 g/mol. The van der Waals surface area contributed by atoms with Gasteiger partial charge in [-0.1, -0.05) is 0 Å². The van der Waals surface area contributed by atoms with Crippen LogP contribution in [0.15, 0.2) is 6.20 Å². The third-order valence-electron chi connectivity index (χ3n) is 2.99. The summed E-state index contributed by atoms with van der Waals surface area (Å²) in [5.74, 6) is -0.453. The molecule has 114 valence electrons. The number of rotatable bonds is 6. The lowest BCUT2D eigenvalue weighted by molar-refractivity contribution is -0.136. The maximum Gasteiger partial charge on any atom is 0.390 e. The van der Waals surface area contributed by atoms with Crippen LogP contribution < -0.4 is 5.73 Å². The lowest BCUT2D eigenvalue weighted by Gasteiger charge is -2.18. The van der Waals surface area contributed by atoms with Gasteiger partial charge in [0, 0.05) is 25.8 Å². The normalized spacial score (nSPS) is 11.7. The molecule has 0 fully saturated rings. The number of halogens is 3. The van der Waals surface area contributed by atoms with Crippen LogP contribution in [0.4, 0.5) is 13.2 Å². The number of aromatic nitrogens is 2. The van der Waals surface area contributed by atoms with E-state index in [-0.39, 0.29) is 6.54 Å². The molecule has 0 aromatic carbocycles. The Morgan fingerprint density at radius 2 is 2.15 bits per heavy atom. The van der Waals surface area contributed by atoms with Crippen molar-refractivity contribution >= 4 is 5.91 Å². The third kappa shape index (κ3) is 4.52. The van der Waals surface area contributed by atoms with Crippen molar-refractivity contribution in [3.05, 3.63) is 17.5 Å². The zero-order valence-corrected chi connectivity index (χ0v) is 11.6. The summed E-state index contributed by atoms with van der Waals surface area (Å²) < 4.78 is 38.1. The number of nitrogens with two attached hydrogens (primary N) is 1. The second-order valence-corrected chi connectivity index (χ2v) is 4.60. The third-order valence-corrected chi connectivity index (χ3v) is 2.99. The average molecular weight is 292 g/mol. The first-order valence-corrected chi connectivity index (χ1v) is 6.31. The number of hydrogen-bond donors (Lipinski definition) is 1. The highest BCUT2D eigenvalue weighted by atomic mass is 19.4. The summed E-state index contributed by atoms with van der Waals surface area (Å²) in [4.78, 5) is 13.1. The van der Waals surface area contributed by atoms with E-state index in [1.807, 2.05) is 0 Å². The predicted octanol–water partition coefficient (Wildman–Crippen LogP) is 1.56. The van der Waals surface area contributed by atoms with Crippen molar-refractivity contribution in [2.24, 2.45) is 5.73 Å². The molecule has 2 N–H and O–H groups in total. The maximum atomic E-state index is 12.1. The van der Waals surface area contributed by atoms with Crippen LogP contribution in [0.3, 0.4) is 0 Å². The summed E-state index contributed by atoms with van der Waals surface area (Å²) in [5.41, 5.74) is 6.37. The van der Waals surface area contributed by atoms with Crippen molar-refractivity contribution in [3.8, 4) is 0 Å². The minimum absolute atomic E-state index is 0.326. The van der Waals surface area contributed by atoms with E-state index >= 15 is 0 Å². The number of amides is 1. The summed E-state index contributed by atoms with van der Waals surface area (Å²) in [7, 11) is 1.35. The molecular formula is C12H19F3N4O. The first kappa shape index (κ1) is 16.5. The van der Waals surface area contributed by atoms with E-state index in [2.05, 4.69) is 5.10 Å². The molecule has 5 nitrogen and oxygen atoms in total.